The third kappa shape index (κ3) is 5.97. The van der Waals surface area contributed by atoms with Crippen molar-refractivity contribution in [1.82, 2.24) is 9.80 Å². The van der Waals surface area contributed by atoms with Gasteiger partial charge in [0.1, 0.15) is 17.6 Å². The van der Waals surface area contributed by atoms with Crippen LogP contribution in [0.2, 0.25) is 0 Å². The van der Waals surface area contributed by atoms with Crippen LogP contribution in [0.1, 0.15) is 29.8 Å². The van der Waals surface area contributed by atoms with Crippen LogP contribution in [0.5, 0.6) is 11.5 Å². The maximum absolute atomic E-state index is 13.4. The van der Waals surface area contributed by atoms with Crippen molar-refractivity contribution in [3.63, 3.8) is 0 Å². The fraction of sp³-hybridized carbons (Fsp3) is 0.500. The third-order valence-electron chi connectivity index (χ3n) is 6.27. The molecule has 2 aromatic rings. The minimum Gasteiger partial charge on any atom is -0.497 e. The SMILES string of the molecule is COc1ccc(CN(C)C[C@@H]2Oc3ccc(N(C)C)cc3C(=O)N([C@H](C)CO)C[C@H]2C)cc1. The number of benzene rings is 2. The summed E-state index contributed by atoms with van der Waals surface area (Å²) in [6, 6.07) is 13.5. The summed E-state index contributed by atoms with van der Waals surface area (Å²) in [6.45, 7) is 5.91. The van der Waals surface area contributed by atoms with Gasteiger partial charge in [0.05, 0.1) is 25.3 Å². The zero-order valence-corrected chi connectivity index (χ0v) is 20.6. The Morgan fingerprint density at radius 1 is 1.18 bits per heavy atom. The van der Waals surface area contributed by atoms with E-state index < -0.39 is 0 Å². The van der Waals surface area contributed by atoms with Gasteiger partial charge in [0.25, 0.3) is 5.91 Å². The number of rotatable bonds is 8. The summed E-state index contributed by atoms with van der Waals surface area (Å²) < 4.78 is 11.7. The Labute approximate surface area is 197 Å². The van der Waals surface area contributed by atoms with Crippen molar-refractivity contribution in [3.8, 4) is 11.5 Å². The molecule has 0 fully saturated rings. The zero-order valence-electron chi connectivity index (χ0n) is 20.6. The van der Waals surface area contributed by atoms with Crippen molar-refractivity contribution in [2.75, 3.05) is 52.8 Å². The van der Waals surface area contributed by atoms with Gasteiger partial charge < -0.3 is 24.4 Å². The van der Waals surface area contributed by atoms with Gasteiger partial charge in [-0.3, -0.25) is 9.69 Å². The van der Waals surface area contributed by atoms with Crippen molar-refractivity contribution < 1.29 is 19.4 Å². The topological polar surface area (TPSA) is 65.5 Å². The standard InChI is InChI=1S/C26H37N3O4/c1-18-14-29(19(2)17-30)26(31)23-13-21(27(3)4)9-12-24(23)33-25(18)16-28(5)15-20-7-10-22(32-6)11-8-20/h7-13,18-19,25,30H,14-17H2,1-6H3/t18-,19-,25+/m1/s1. The molecular weight excluding hydrogens is 418 g/mol. The number of carbonyl (C=O) groups is 1. The van der Waals surface area contributed by atoms with Gasteiger partial charge >= 0.3 is 0 Å². The fourth-order valence-electron chi connectivity index (χ4n) is 4.12. The predicted octanol–water partition coefficient (Wildman–Crippen LogP) is 3.11. The van der Waals surface area contributed by atoms with Gasteiger partial charge in [-0.15, -0.1) is 0 Å². The molecule has 7 nitrogen and oxygen atoms in total. The Hall–Kier alpha value is -2.77. The predicted molar refractivity (Wildman–Crippen MR) is 131 cm³/mol. The molecule has 0 spiro atoms. The maximum Gasteiger partial charge on any atom is 0.258 e. The molecule has 1 amide bonds. The molecule has 1 N–H and O–H groups in total. The highest BCUT2D eigenvalue weighted by Gasteiger charge is 2.33. The van der Waals surface area contributed by atoms with E-state index in [9.17, 15) is 9.90 Å². The Kier molecular flexibility index (Phi) is 8.21. The van der Waals surface area contributed by atoms with Gasteiger partial charge in [0.15, 0.2) is 0 Å². The molecule has 3 atom stereocenters. The van der Waals surface area contributed by atoms with Crippen LogP contribution in [0.25, 0.3) is 0 Å². The molecule has 180 valence electrons. The van der Waals surface area contributed by atoms with Gasteiger partial charge in [-0.25, -0.2) is 0 Å². The summed E-state index contributed by atoms with van der Waals surface area (Å²) >= 11 is 0. The highest BCUT2D eigenvalue weighted by molar-refractivity contribution is 5.98. The van der Waals surface area contributed by atoms with E-state index in [2.05, 4.69) is 31.0 Å². The first-order chi connectivity index (χ1) is 15.7. The minimum atomic E-state index is -0.272. The van der Waals surface area contributed by atoms with Crippen LogP contribution in [0.3, 0.4) is 0 Å². The highest BCUT2D eigenvalue weighted by Crippen LogP contribution is 2.31. The second kappa shape index (κ2) is 10.9. The quantitative estimate of drug-likeness (QED) is 0.660. The van der Waals surface area contributed by atoms with Crippen molar-refractivity contribution >= 4 is 11.6 Å². The number of fused-ring (bicyclic) bond motifs is 1. The number of aliphatic hydroxyl groups excluding tert-OH is 1. The molecule has 3 rings (SSSR count). The molecule has 0 unspecified atom stereocenters. The monoisotopic (exact) mass is 455 g/mol. The number of methoxy groups -OCH3 is 1. The molecule has 33 heavy (non-hydrogen) atoms. The molecule has 7 heteroatoms. The maximum atomic E-state index is 13.4. The first-order valence-electron chi connectivity index (χ1n) is 11.4. The molecule has 1 aliphatic rings. The Balaban J connectivity index is 1.85. The number of hydrogen-bond donors (Lipinski definition) is 1. The lowest BCUT2D eigenvalue weighted by Gasteiger charge is -2.38. The number of ether oxygens (including phenoxy) is 2. The molecule has 0 radical (unpaired) electrons. The van der Waals surface area contributed by atoms with Crippen LogP contribution in [0.15, 0.2) is 42.5 Å². The van der Waals surface area contributed by atoms with Crippen LogP contribution in [-0.2, 0) is 6.54 Å². The fourth-order valence-corrected chi connectivity index (χ4v) is 4.12. The van der Waals surface area contributed by atoms with Crippen LogP contribution < -0.4 is 14.4 Å². The smallest absolute Gasteiger partial charge is 0.258 e. The summed E-state index contributed by atoms with van der Waals surface area (Å²) in [5.74, 6) is 1.42. The number of carbonyl (C=O) groups excluding carboxylic acids is 1. The number of hydrogen-bond acceptors (Lipinski definition) is 6. The average molecular weight is 456 g/mol. The van der Waals surface area contributed by atoms with Gasteiger partial charge in [-0.05, 0) is 49.9 Å². The highest BCUT2D eigenvalue weighted by atomic mass is 16.5. The average Bonchev–Trinajstić information content (AvgIpc) is 2.80. The second-order valence-corrected chi connectivity index (χ2v) is 9.24. The van der Waals surface area contributed by atoms with Crippen LogP contribution in [0.4, 0.5) is 5.69 Å². The number of anilines is 1. The number of nitrogens with zero attached hydrogens (tertiary/aromatic N) is 3. The summed E-state index contributed by atoms with van der Waals surface area (Å²) in [4.78, 5) is 19.4. The lowest BCUT2D eigenvalue weighted by molar-refractivity contribution is 0.0341. The van der Waals surface area contributed by atoms with Crippen LogP contribution >= 0.6 is 0 Å². The van der Waals surface area contributed by atoms with E-state index in [1.165, 1.54) is 5.56 Å². The van der Waals surface area contributed by atoms with Crippen molar-refractivity contribution in [1.29, 1.82) is 0 Å². The number of likely N-dealkylation sites (N-methyl/N-ethyl adjacent to an activating group) is 1. The van der Waals surface area contributed by atoms with E-state index in [1.54, 1.807) is 12.0 Å². The summed E-state index contributed by atoms with van der Waals surface area (Å²) in [5, 5.41) is 9.81. The molecular formula is C26H37N3O4. The third-order valence-corrected chi connectivity index (χ3v) is 6.27. The van der Waals surface area contributed by atoms with Crippen molar-refractivity contribution in [2.45, 2.75) is 32.5 Å². The number of amides is 1. The van der Waals surface area contributed by atoms with E-state index >= 15 is 0 Å². The first-order valence-corrected chi connectivity index (χ1v) is 11.4. The lowest BCUT2D eigenvalue weighted by atomic mass is 9.99. The van der Waals surface area contributed by atoms with Gasteiger partial charge in [0, 0.05) is 45.3 Å². The molecule has 0 bridgehead atoms. The largest absolute Gasteiger partial charge is 0.497 e. The van der Waals surface area contributed by atoms with E-state index in [1.807, 2.05) is 56.3 Å². The van der Waals surface area contributed by atoms with Crippen LogP contribution in [0, 0.1) is 5.92 Å². The first kappa shape index (κ1) is 24.9. The number of aliphatic hydroxyl groups is 1. The lowest BCUT2D eigenvalue weighted by Crippen LogP contribution is -2.49. The molecule has 0 aromatic heterocycles. The summed E-state index contributed by atoms with van der Waals surface area (Å²) in [6.07, 6.45) is -0.112. The summed E-state index contributed by atoms with van der Waals surface area (Å²) in [7, 11) is 7.64. The molecule has 0 aliphatic carbocycles. The molecule has 1 heterocycles. The van der Waals surface area contributed by atoms with Crippen LogP contribution in [-0.4, -0.2) is 80.9 Å². The normalized spacial score (nSPS) is 19.4. The Bertz CT molecular complexity index is 932. The van der Waals surface area contributed by atoms with Gasteiger partial charge in [0.2, 0.25) is 0 Å². The van der Waals surface area contributed by atoms with Gasteiger partial charge in [-0.1, -0.05) is 19.1 Å². The Morgan fingerprint density at radius 2 is 1.88 bits per heavy atom. The minimum absolute atomic E-state index is 0.0793. The van der Waals surface area contributed by atoms with E-state index in [0.717, 1.165) is 18.0 Å². The molecule has 1 aliphatic heterocycles. The van der Waals surface area contributed by atoms with Crippen molar-refractivity contribution in [3.05, 3.63) is 53.6 Å². The second-order valence-electron chi connectivity index (χ2n) is 9.24. The molecule has 0 saturated carbocycles. The van der Waals surface area contributed by atoms with Crippen molar-refractivity contribution in [2.24, 2.45) is 5.92 Å². The molecule has 0 saturated heterocycles. The summed E-state index contributed by atoms with van der Waals surface area (Å²) in [5.41, 5.74) is 2.67. The zero-order chi connectivity index (χ0) is 24.1. The Morgan fingerprint density at radius 3 is 2.48 bits per heavy atom. The molecule has 2 aromatic carbocycles. The van der Waals surface area contributed by atoms with E-state index in [4.69, 9.17) is 9.47 Å². The van der Waals surface area contributed by atoms with E-state index in [-0.39, 0.29) is 30.6 Å². The van der Waals surface area contributed by atoms with E-state index in [0.29, 0.717) is 24.4 Å². The van der Waals surface area contributed by atoms with Gasteiger partial charge in [-0.2, -0.15) is 0 Å².